The molecule has 2 amide bonds. The zero-order valence-electron chi connectivity index (χ0n) is 13.3. The summed E-state index contributed by atoms with van der Waals surface area (Å²) in [5.74, 6) is -0.781. The molecule has 0 aliphatic carbocycles. The third-order valence-electron chi connectivity index (χ3n) is 3.38. The first-order valence-electron chi connectivity index (χ1n) is 7.70. The molecule has 0 bridgehead atoms. The Bertz CT molecular complexity index is 870. The van der Waals surface area contributed by atoms with E-state index < -0.39 is 11.8 Å². The average molecular weight is 332 g/mol. The van der Waals surface area contributed by atoms with Crippen molar-refractivity contribution >= 4 is 23.6 Å². The van der Waals surface area contributed by atoms with Gasteiger partial charge in [0, 0.05) is 5.69 Å². The van der Waals surface area contributed by atoms with Crippen LogP contribution in [-0.4, -0.2) is 11.8 Å². The number of amides is 2. The predicted molar refractivity (Wildman–Crippen MR) is 95.7 cm³/mol. The quantitative estimate of drug-likeness (QED) is 0.700. The molecule has 0 radical (unpaired) electrons. The van der Waals surface area contributed by atoms with Gasteiger partial charge in [-0.05, 0) is 35.9 Å². The summed E-state index contributed by atoms with van der Waals surface area (Å²) in [6.07, 6.45) is 3.01. The summed E-state index contributed by atoms with van der Waals surface area (Å²) in [4.78, 5) is 24.8. The van der Waals surface area contributed by atoms with Gasteiger partial charge in [0.25, 0.3) is 11.8 Å². The molecule has 0 unspecified atom stereocenters. The van der Waals surface area contributed by atoms with Gasteiger partial charge in [-0.1, -0.05) is 48.5 Å². The second-order valence-electron chi connectivity index (χ2n) is 5.22. The first-order chi connectivity index (χ1) is 12.2. The molecular formula is C20H16N2O3. The number of furan rings is 1. The summed E-state index contributed by atoms with van der Waals surface area (Å²) < 4.78 is 5.07. The lowest BCUT2D eigenvalue weighted by Gasteiger charge is -2.10. The molecule has 5 nitrogen and oxygen atoms in total. The number of hydrogen-bond acceptors (Lipinski definition) is 3. The van der Waals surface area contributed by atoms with Gasteiger partial charge in [-0.15, -0.1) is 0 Å². The average Bonchev–Trinajstić information content (AvgIpc) is 3.18. The highest BCUT2D eigenvalue weighted by Gasteiger charge is 2.16. The maximum absolute atomic E-state index is 12.6. The fourth-order valence-electron chi connectivity index (χ4n) is 2.19. The maximum Gasteiger partial charge on any atom is 0.291 e. The van der Waals surface area contributed by atoms with Crippen molar-refractivity contribution in [3.05, 3.63) is 96.1 Å². The first-order valence-corrected chi connectivity index (χ1v) is 7.70. The summed E-state index contributed by atoms with van der Waals surface area (Å²) in [5, 5.41) is 5.36. The van der Waals surface area contributed by atoms with E-state index in [0.717, 1.165) is 5.56 Å². The van der Waals surface area contributed by atoms with E-state index in [1.807, 2.05) is 48.5 Å². The number of anilines is 1. The molecule has 1 heterocycles. The number of nitrogens with one attached hydrogen (secondary N) is 2. The van der Waals surface area contributed by atoms with E-state index in [9.17, 15) is 9.59 Å². The smallest absolute Gasteiger partial charge is 0.291 e. The maximum atomic E-state index is 12.6. The van der Waals surface area contributed by atoms with Crippen LogP contribution in [0.3, 0.4) is 0 Å². The number of carbonyl (C=O) groups is 2. The van der Waals surface area contributed by atoms with Gasteiger partial charge >= 0.3 is 0 Å². The topological polar surface area (TPSA) is 71.3 Å². The summed E-state index contributed by atoms with van der Waals surface area (Å²) in [5.41, 5.74) is 1.55. The predicted octanol–water partition coefficient (Wildman–Crippen LogP) is 3.69. The van der Waals surface area contributed by atoms with Crippen LogP contribution in [0.2, 0.25) is 0 Å². The van der Waals surface area contributed by atoms with E-state index in [4.69, 9.17) is 4.42 Å². The zero-order chi connectivity index (χ0) is 17.5. The minimum absolute atomic E-state index is 0.122. The lowest BCUT2D eigenvalue weighted by molar-refractivity contribution is -0.113. The number of hydrogen-bond donors (Lipinski definition) is 2. The van der Waals surface area contributed by atoms with Crippen LogP contribution in [0, 0.1) is 0 Å². The van der Waals surface area contributed by atoms with E-state index in [-0.39, 0.29) is 11.5 Å². The molecule has 0 saturated heterocycles. The molecule has 2 aromatic carbocycles. The molecule has 124 valence electrons. The van der Waals surface area contributed by atoms with Crippen molar-refractivity contribution in [3.8, 4) is 0 Å². The van der Waals surface area contributed by atoms with Crippen LogP contribution in [0.1, 0.15) is 16.1 Å². The molecule has 1 aromatic heterocycles. The van der Waals surface area contributed by atoms with E-state index in [2.05, 4.69) is 10.6 Å². The third-order valence-corrected chi connectivity index (χ3v) is 3.38. The van der Waals surface area contributed by atoms with Crippen molar-refractivity contribution in [2.75, 3.05) is 5.32 Å². The Balaban J connectivity index is 1.84. The summed E-state index contributed by atoms with van der Waals surface area (Å²) in [7, 11) is 0. The molecule has 0 atom stereocenters. The first kappa shape index (κ1) is 16.3. The van der Waals surface area contributed by atoms with Crippen LogP contribution in [0.15, 0.2) is 89.2 Å². The molecule has 3 rings (SSSR count). The summed E-state index contributed by atoms with van der Waals surface area (Å²) in [6, 6.07) is 21.4. The summed E-state index contributed by atoms with van der Waals surface area (Å²) >= 11 is 0. The highest BCUT2D eigenvalue weighted by atomic mass is 16.3. The lowest BCUT2D eigenvalue weighted by atomic mass is 10.2. The van der Waals surface area contributed by atoms with Gasteiger partial charge in [-0.25, -0.2) is 0 Å². The van der Waals surface area contributed by atoms with Crippen LogP contribution in [-0.2, 0) is 4.79 Å². The lowest BCUT2D eigenvalue weighted by Crippen LogP contribution is -2.30. The number of para-hydroxylation sites is 1. The highest BCUT2D eigenvalue weighted by molar-refractivity contribution is 6.10. The Hall–Kier alpha value is -3.60. The van der Waals surface area contributed by atoms with E-state index in [1.165, 1.54) is 12.3 Å². The zero-order valence-corrected chi connectivity index (χ0v) is 13.3. The third kappa shape index (κ3) is 4.45. The van der Waals surface area contributed by atoms with Gasteiger partial charge in [0.1, 0.15) is 5.70 Å². The summed E-state index contributed by atoms with van der Waals surface area (Å²) in [6.45, 7) is 0. The highest BCUT2D eigenvalue weighted by Crippen LogP contribution is 2.11. The molecule has 0 spiro atoms. The monoisotopic (exact) mass is 332 g/mol. The standard InChI is InChI=1S/C20H16N2O3/c23-19(21-16-10-5-2-6-11-16)17(14-15-8-3-1-4-9-15)22-20(24)18-12-7-13-25-18/h1-14H,(H,21,23)(H,22,24). The van der Waals surface area contributed by atoms with Crippen LogP contribution >= 0.6 is 0 Å². The number of benzene rings is 2. The van der Waals surface area contributed by atoms with Crippen molar-refractivity contribution in [2.24, 2.45) is 0 Å². The van der Waals surface area contributed by atoms with Crippen LogP contribution in [0.4, 0.5) is 5.69 Å². The van der Waals surface area contributed by atoms with Gasteiger partial charge in [-0.2, -0.15) is 0 Å². The van der Waals surface area contributed by atoms with Crippen molar-refractivity contribution < 1.29 is 14.0 Å². The van der Waals surface area contributed by atoms with Crippen LogP contribution in [0.5, 0.6) is 0 Å². The van der Waals surface area contributed by atoms with Gasteiger partial charge in [-0.3, -0.25) is 9.59 Å². The molecule has 25 heavy (non-hydrogen) atoms. The molecular weight excluding hydrogens is 316 g/mol. The number of carbonyl (C=O) groups excluding carboxylic acids is 2. The van der Waals surface area contributed by atoms with Crippen LogP contribution < -0.4 is 10.6 Å². The molecule has 3 aromatic rings. The largest absolute Gasteiger partial charge is 0.459 e. The Labute approximate surface area is 145 Å². The fourth-order valence-corrected chi connectivity index (χ4v) is 2.19. The fraction of sp³-hybridized carbons (Fsp3) is 0. The SMILES string of the molecule is O=C(Nc1ccccc1)C(=Cc1ccccc1)NC(=O)c1ccco1. The van der Waals surface area contributed by atoms with Crippen molar-refractivity contribution in [1.82, 2.24) is 5.32 Å². The molecule has 0 saturated carbocycles. The molecule has 0 aliphatic heterocycles. The second-order valence-corrected chi connectivity index (χ2v) is 5.22. The Morgan fingerprint density at radius 2 is 1.52 bits per heavy atom. The van der Waals surface area contributed by atoms with Gasteiger partial charge in [0.05, 0.1) is 6.26 Å². The normalized spacial score (nSPS) is 11.0. The minimum atomic E-state index is -0.490. The minimum Gasteiger partial charge on any atom is -0.459 e. The molecule has 0 aliphatic rings. The van der Waals surface area contributed by atoms with Crippen molar-refractivity contribution in [2.45, 2.75) is 0 Å². The molecule has 0 fully saturated rings. The second kappa shape index (κ2) is 7.79. The van der Waals surface area contributed by atoms with Gasteiger partial charge < -0.3 is 15.1 Å². The van der Waals surface area contributed by atoms with Crippen molar-refractivity contribution in [3.63, 3.8) is 0 Å². The molecule has 2 N–H and O–H groups in total. The van der Waals surface area contributed by atoms with Gasteiger partial charge in [0.2, 0.25) is 0 Å². The molecule has 5 heteroatoms. The van der Waals surface area contributed by atoms with Crippen molar-refractivity contribution in [1.29, 1.82) is 0 Å². The Morgan fingerprint density at radius 3 is 2.16 bits per heavy atom. The van der Waals surface area contributed by atoms with Gasteiger partial charge in [0.15, 0.2) is 5.76 Å². The van der Waals surface area contributed by atoms with Crippen LogP contribution in [0.25, 0.3) is 6.08 Å². The Kier molecular flexibility index (Phi) is 5.07. The van der Waals surface area contributed by atoms with E-state index >= 15 is 0 Å². The number of rotatable bonds is 5. The Morgan fingerprint density at radius 1 is 0.840 bits per heavy atom. The van der Waals surface area contributed by atoms with E-state index in [1.54, 1.807) is 24.3 Å². The van der Waals surface area contributed by atoms with E-state index in [0.29, 0.717) is 5.69 Å².